The first-order valence-corrected chi connectivity index (χ1v) is 12.2. The molecule has 2 aromatic rings. The van der Waals surface area contributed by atoms with Crippen LogP contribution in [0.2, 0.25) is 5.02 Å². The number of carbonyl (C=O) groups is 2. The molecule has 0 saturated carbocycles. The van der Waals surface area contributed by atoms with E-state index in [1.807, 2.05) is 0 Å². The summed E-state index contributed by atoms with van der Waals surface area (Å²) in [4.78, 5) is 25.0. The zero-order chi connectivity index (χ0) is 23.9. The second kappa shape index (κ2) is 8.85. The summed E-state index contributed by atoms with van der Waals surface area (Å²) in [5.41, 5.74) is 1.22. The quantitative estimate of drug-likeness (QED) is 0.661. The molecule has 0 spiro atoms. The van der Waals surface area contributed by atoms with Gasteiger partial charge < -0.3 is 20.1 Å². The SMILES string of the molecule is COc1ccc(Cl)cc1NC(=O)[C@H]1CCCN1S(=O)(=O)c1cc2c(cc1C)NC(=O)[C@@H](C)O2. The van der Waals surface area contributed by atoms with Crippen LogP contribution in [0.4, 0.5) is 11.4 Å². The molecule has 2 aliphatic rings. The Morgan fingerprint density at radius 3 is 2.79 bits per heavy atom. The van der Waals surface area contributed by atoms with E-state index in [0.29, 0.717) is 40.6 Å². The van der Waals surface area contributed by atoms with Crippen LogP contribution in [0.3, 0.4) is 0 Å². The number of hydrogen-bond donors (Lipinski definition) is 2. The van der Waals surface area contributed by atoms with Crippen molar-refractivity contribution in [3.8, 4) is 11.5 Å². The molecule has 2 heterocycles. The molecule has 33 heavy (non-hydrogen) atoms. The number of methoxy groups -OCH3 is 1. The fourth-order valence-corrected chi connectivity index (χ4v) is 6.08. The number of nitrogens with one attached hydrogen (secondary N) is 2. The van der Waals surface area contributed by atoms with Gasteiger partial charge in [0.1, 0.15) is 17.5 Å². The lowest BCUT2D eigenvalue weighted by Gasteiger charge is -2.27. The van der Waals surface area contributed by atoms with Crippen molar-refractivity contribution in [2.75, 3.05) is 24.3 Å². The molecular weight excluding hydrogens is 470 g/mol. The Morgan fingerprint density at radius 1 is 1.30 bits per heavy atom. The van der Waals surface area contributed by atoms with E-state index >= 15 is 0 Å². The number of fused-ring (bicyclic) bond motifs is 1. The second-order valence-electron chi connectivity index (χ2n) is 7.97. The van der Waals surface area contributed by atoms with Gasteiger partial charge in [0.2, 0.25) is 15.9 Å². The van der Waals surface area contributed by atoms with Crippen LogP contribution in [-0.4, -0.2) is 50.3 Å². The van der Waals surface area contributed by atoms with Crippen molar-refractivity contribution < 1.29 is 27.5 Å². The largest absolute Gasteiger partial charge is 0.495 e. The standard InChI is InChI=1S/C22H24ClN3O6S/c1-12-9-15-19(32-13(2)21(27)24-15)11-20(12)33(29,30)26-8-4-5-17(26)22(28)25-16-10-14(23)6-7-18(16)31-3/h6-7,9-11,13,17H,4-5,8H2,1-3H3,(H,24,27)(H,25,28)/t13-,17-/m1/s1. The second-order valence-corrected chi connectivity index (χ2v) is 10.3. The van der Waals surface area contributed by atoms with E-state index in [9.17, 15) is 18.0 Å². The van der Waals surface area contributed by atoms with Crippen LogP contribution < -0.4 is 20.1 Å². The molecule has 1 saturated heterocycles. The number of ether oxygens (including phenoxy) is 2. The Morgan fingerprint density at radius 2 is 2.06 bits per heavy atom. The van der Waals surface area contributed by atoms with Crippen LogP contribution in [-0.2, 0) is 19.6 Å². The zero-order valence-electron chi connectivity index (χ0n) is 18.3. The normalized spacial score (nSPS) is 20.5. The van der Waals surface area contributed by atoms with Gasteiger partial charge in [-0.1, -0.05) is 11.6 Å². The maximum Gasteiger partial charge on any atom is 0.265 e. The molecule has 0 aromatic heterocycles. The third-order valence-corrected chi connectivity index (χ3v) is 8.01. The van der Waals surface area contributed by atoms with Crippen molar-refractivity contribution in [1.29, 1.82) is 0 Å². The lowest BCUT2D eigenvalue weighted by molar-refractivity contribution is -0.122. The molecule has 176 valence electrons. The third-order valence-electron chi connectivity index (χ3n) is 5.72. The number of rotatable bonds is 5. The molecular formula is C22H24ClN3O6S. The number of carbonyl (C=O) groups excluding carboxylic acids is 2. The van der Waals surface area contributed by atoms with E-state index in [-0.39, 0.29) is 23.1 Å². The Hall–Kier alpha value is -2.82. The van der Waals surface area contributed by atoms with Gasteiger partial charge in [0.15, 0.2) is 6.10 Å². The minimum Gasteiger partial charge on any atom is -0.495 e. The molecule has 9 nitrogen and oxygen atoms in total. The molecule has 2 atom stereocenters. The van der Waals surface area contributed by atoms with Gasteiger partial charge in [-0.05, 0) is 56.5 Å². The van der Waals surface area contributed by atoms with Crippen LogP contribution in [0.25, 0.3) is 0 Å². The number of halogens is 1. The Bertz CT molecular complexity index is 1230. The highest BCUT2D eigenvalue weighted by Gasteiger charge is 2.41. The van der Waals surface area contributed by atoms with E-state index in [2.05, 4.69) is 10.6 Å². The number of nitrogens with zero attached hydrogens (tertiary/aromatic N) is 1. The van der Waals surface area contributed by atoms with Crippen LogP contribution >= 0.6 is 11.6 Å². The van der Waals surface area contributed by atoms with Gasteiger partial charge in [-0.3, -0.25) is 9.59 Å². The number of anilines is 2. The van der Waals surface area contributed by atoms with Crippen LogP contribution in [0, 0.1) is 6.92 Å². The van der Waals surface area contributed by atoms with Gasteiger partial charge in [0, 0.05) is 17.6 Å². The highest BCUT2D eigenvalue weighted by Crippen LogP contribution is 2.37. The van der Waals surface area contributed by atoms with Gasteiger partial charge >= 0.3 is 0 Å². The number of sulfonamides is 1. The van der Waals surface area contributed by atoms with E-state index in [1.165, 1.54) is 17.5 Å². The Labute approximate surface area is 197 Å². The predicted molar refractivity (Wildman–Crippen MR) is 123 cm³/mol. The Kier molecular flexibility index (Phi) is 6.26. The highest BCUT2D eigenvalue weighted by atomic mass is 35.5. The maximum atomic E-state index is 13.6. The zero-order valence-corrected chi connectivity index (χ0v) is 19.9. The fraction of sp³-hybridized carbons (Fsp3) is 0.364. The Balaban J connectivity index is 1.63. The summed E-state index contributed by atoms with van der Waals surface area (Å²) in [7, 11) is -2.55. The summed E-state index contributed by atoms with van der Waals surface area (Å²) in [5, 5.41) is 5.87. The predicted octanol–water partition coefficient (Wildman–Crippen LogP) is 3.17. The lowest BCUT2D eigenvalue weighted by Crippen LogP contribution is -2.43. The van der Waals surface area contributed by atoms with E-state index in [0.717, 1.165) is 0 Å². The van der Waals surface area contributed by atoms with Crippen LogP contribution in [0.5, 0.6) is 11.5 Å². The summed E-state index contributed by atoms with van der Waals surface area (Å²) < 4.78 is 39.2. The first-order valence-electron chi connectivity index (χ1n) is 10.4. The molecule has 2 aromatic carbocycles. The fourth-order valence-electron chi connectivity index (χ4n) is 4.03. The summed E-state index contributed by atoms with van der Waals surface area (Å²) in [5.74, 6) is -0.0799. The van der Waals surface area contributed by atoms with Crippen molar-refractivity contribution >= 4 is 44.8 Å². The van der Waals surface area contributed by atoms with Crippen LogP contribution in [0.1, 0.15) is 25.3 Å². The van der Waals surface area contributed by atoms with Crippen molar-refractivity contribution in [3.63, 3.8) is 0 Å². The van der Waals surface area contributed by atoms with Gasteiger partial charge in [-0.2, -0.15) is 4.31 Å². The third kappa shape index (κ3) is 4.38. The van der Waals surface area contributed by atoms with Gasteiger partial charge in [-0.25, -0.2) is 8.42 Å². The average molecular weight is 494 g/mol. The molecule has 11 heteroatoms. The summed E-state index contributed by atoms with van der Waals surface area (Å²) in [6.45, 7) is 3.42. The molecule has 0 aliphatic carbocycles. The van der Waals surface area contributed by atoms with Gasteiger partial charge in [0.05, 0.1) is 23.4 Å². The summed E-state index contributed by atoms with van der Waals surface area (Å²) in [6, 6.07) is 6.88. The van der Waals surface area contributed by atoms with Crippen molar-refractivity contribution in [2.24, 2.45) is 0 Å². The highest BCUT2D eigenvalue weighted by molar-refractivity contribution is 7.89. The smallest absolute Gasteiger partial charge is 0.265 e. The van der Waals surface area contributed by atoms with E-state index in [4.69, 9.17) is 21.1 Å². The minimum absolute atomic E-state index is 0.0321. The molecule has 2 aliphatic heterocycles. The maximum absolute atomic E-state index is 13.6. The van der Waals surface area contributed by atoms with E-state index < -0.39 is 28.1 Å². The van der Waals surface area contributed by atoms with Crippen molar-refractivity contribution in [2.45, 2.75) is 43.7 Å². The monoisotopic (exact) mass is 493 g/mol. The molecule has 1 fully saturated rings. The molecule has 0 unspecified atom stereocenters. The van der Waals surface area contributed by atoms with Crippen molar-refractivity contribution in [3.05, 3.63) is 40.9 Å². The summed E-state index contributed by atoms with van der Waals surface area (Å²) in [6.07, 6.45) is 0.174. The number of aryl methyl sites for hydroxylation is 1. The minimum atomic E-state index is -4.02. The number of benzene rings is 2. The van der Waals surface area contributed by atoms with Gasteiger partial charge in [-0.15, -0.1) is 0 Å². The summed E-state index contributed by atoms with van der Waals surface area (Å²) >= 11 is 6.04. The first kappa shape index (κ1) is 23.3. The number of amides is 2. The molecule has 2 N–H and O–H groups in total. The topological polar surface area (TPSA) is 114 Å². The molecule has 2 amide bonds. The van der Waals surface area contributed by atoms with E-state index in [1.54, 1.807) is 38.1 Å². The lowest BCUT2D eigenvalue weighted by atomic mass is 10.1. The molecule has 0 bridgehead atoms. The van der Waals surface area contributed by atoms with Crippen LogP contribution in [0.15, 0.2) is 35.2 Å². The average Bonchev–Trinajstić information content (AvgIpc) is 3.26. The van der Waals surface area contributed by atoms with Gasteiger partial charge in [0.25, 0.3) is 5.91 Å². The number of hydrogen-bond acceptors (Lipinski definition) is 6. The van der Waals surface area contributed by atoms with Crippen molar-refractivity contribution in [1.82, 2.24) is 4.31 Å². The first-order chi connectivity index (χ1) is 15.6. The molecule has 0 radical (unpaired) electrons. The molecule has 4 rings (SSSR count).